The van der Waals surface area contributed by atoms with E-state index in [1.54, 1.807) is 0 Å². The largest absolute Gasteiger partial charge is 0.456 e. The van der Waals surface area contributed by atoms with E-state index in [4.69, 9.17) is 28.2 Å². The molecule has 310 valence electrons. The Morgan fingerprint density at radius 2 is 0.788 bits per heavy atom. The van der Waals surface area contributed by atoms with Gasteiger partial charge < -0.3 is 13.3 Å². The van der Waals surface area contributed by atoms with Crippen molar-refractivity contribution in [1.82, 2.24) is 15.0 Å². The number of nitrogens with zero attached hydrogens (tertiary/aromatic N) is 3. The smallest absolute Gasteiger partial charge is 0.167 e. The zero-order chi connectivity index (χ0) is 43.7. The molecule has 0 aliphatic heterocycles. The minimum absolute atomic E-state index is 0.0213. The van der Waals surface area contributed by atoms with Crippen molar-refractivity contribution in [2.75, 3.05) is 0 Å². The van der Waals surface area contributed by atoms with Gasteiger partial charge in [0.15, 0.2) is 17.5 Å². The first-order chi connectivity index (χ1) is 32.4. The number of para-hydroxylation sites is 3. The highest BCUT2D eigenvalue weighted by atomic mass is 16.3. The predicted octanol–water partition coefficient (Wildman–Crippen LogP) is 16.2. The molecule has 6 heteroatoms. The summed E-state index contributed by atoms with van der Waals surface area (Å²) in [4.78, 5) is 15.9. The Morgan fingerprint density at radius 1 is 0.318 bits per heavy atom. The van der Waals surface area contributed by atoms with Gasteiger partial charge in [-0.25, -0.2) is 15.0 Å². The van der Waals surface area contributed by atoms with Crippen molar-refractivity contribution in [1.29, 1.82) is 0 Å². The van der Waals surface area contributed by atoms with Gasteiger partial charge in [0.1, 0.15) is 33.5 Å². The number of rotatable bonds is 5. The summed E-state index contributed by atoms with van der Waals surface area (Å²) in [7, 11) is 0. The number of fused-ring (bicyclic) bond motifs is 12. The number of benzene rings is 9. The number of hydrogen-bond donors (Lipinski definition) is 0. The second-order valence-electron chi connectivity index (χ2n) is 17.9. The van der Waals surface area contributed by atoms with E-state index in [9.17, 15) is 0 Å². The second-order valence-corrected chi connectivity index (χ2v) is 17.9. The van der Waals surface area contributed by atoms with Crippen LogP contribution in [0.15, 0.2) is 201 Å². The maximum Gasteiger partial charge on any atom is 0.167 e. The summed E-state index contributed by atoms with van der Waals surface area (Å²) in [6.45, 7) is 4.64. The molecule has 0 bridgehead atoms. The third-order valence-electron chi connectivity index (χ3n) is 13.8. The minimum atomic E-state index is -0.0213. The van der Waals surface area contributed by atoms with Gasteiger partial charge in [0, 0.05) is 48.9 Å². The van der Waals surface area contributed by atoms with Gasteiger partial charge in [0.25, 0.3) is 0 Å². The Hall–Kier alpha value is -8.61. The third kappa shape index (κ3) is 5.39. The molecule has 0 N–H and O–H groups in total. The van der Waals surface area contributed by atoms with Gasteiger partial charge in [-0.2, -0.15) is 0 Å². The topological polar surface area (TPSA) is 78.1 Å². The van der Waals surface area contributed by atoms with Gasteiger partial charge in [-0.15, -0.1) is 0 Å². The lowest BCUT2D eigenvalue weighted by Crippen LogP contribution is -2.14. The molecule has 9 aromatic carbocycles. The Labute approximate surface area is 378 Å². The van der Waals surface area contributed by atoms with E-state index < -0.39 is 0 Å². The van der Waals surface area contributed by atoms with Crippen molar-refractivity contribution in [3.05, 3.63) is 199 Å². The number of aromatic nitrogens is 3. The molecule has 0 unspecified atom stereocenters. The molecular formula is C60H37N3O3. The van der Waals surface area contributed by atoms with Crippen LogP contribution in [-0.2, 0) is 5.41 Å². The fraction of sp³-hybridized carbons (Fsp3) is 0.0500. The first kappa shape index (κ1) is 36.8. The summed E-state index contributed by atoms with van der Waals surface area (Å²) >= 11 is 0. The minimum Gasteiger partial charge on any atom is -0.456 e. The first-order valence-electron chi connectivity index (χ1n) is 22.3. The molecule has 14 rings (SSSR count). The summed E-state index contributed by atoms with van der Waals surface area (Å²) in [5.74, 6) is 1.56. The summed E-state index contributed by atoms with van der Waals surface area (Å²) in [6, 6.07) is 65.5. The summed E-state index contributed by atoms with van der Waals surface area (Å²) in [6.07, 6.45) is 0. The van der Waals surface area contributed by atoms with E-state index in [-0.39, 0.29) is 5.41 Å². The fourth-order valence-corrected chi connectivity index (χ4v) is 10.6. The molecule has 66 heavy (non-hydrogen) atoms. The average Bonchev–Trinajstić information content (AvgIpc) is 4.11. The molecule has 1 aliphatic rings. The molecule has 0 amide bonds. The quantitative estimate of drug-likeness (QED) is 0.172. The lowest BCUT2D eigenvalue weighted by Gasteiger charge is -2.21. The monoisotopic (exact) mass is 847 g/mol. The first-order valence-corrected chi connectivity index (χ1v) is 22.3. The van der Waals surface area contributed by atoms with Gasteiger partial charge in [0.2, 0.25) is 0 Å². The van der Waals surface area contributed by atoms with Crippen molar-refractivity contribution in [3.63, 3.8) is 0 Å². The summed E-state index contributed by atoms with van der Waals surface area (Å²) < 4.78 is 19.5. The highest BCUT2D eigenvalue weighted by Gasteiger charge is 2.35. The van der Waals surface area contributed by atoms with Gasteiger partial charge in [0.05, 0.1) is 5.56 Å². The van der Waals surface area contributed by atoms with E-state index >= 15 is 0 Å². The van der Waals surface area contributed by atoms with Crippen molar-refractivity contribution < 1.29 is 13.3 Å². The maximum atomic E-state index is 6.58. The van der Waals surface area contributed by atoms with Crippen molar-refractivity contribution in [2.45, 2.75) is 19.3 Å². The SMILES string of the molecule is CC1(C)c2ccccc2-c2cc(-c3ccc(-c4ccc5oc6cccc(-c7nc(-c8cccc9c8oc8ccccc89)nc(-c8cccc9oc%10ccccc%10c89)n7)c6c5c4)cc3)ccc21. The van der Waals surface area contributed by atoms with Crippen molar-refractivity contribution in [2.24, 2.45) is 0 Å². The normalized spacial score (nSPS) is 13.1. The number of hydrogen-bond acceptors (Lipinski definition) is 6. The van der Waals surface area contributed by atoms with Crippen molar-refractivity contribution in [3.8, 4) is 67.5 Å². The molecule has 4 aromatic heterocycles. The van der Waals surface area contributed by atoms with E-state index in [1.165, 1.54) is 33.4 Å². The molecule has 1 aliphatic carbocycles. The van der Waals surface area contributed by atoms with E-state index in [0.29, 0.717) is 17.5 Å². The molecule has 4 heterocycles. The molecule has 0 saturated carbocycles. The molecular weight excluding hydrogens is 811 g/mol. The van der Waals surface area contributed by atoms with Crippen LogP contribution in [0.2, 0.25) is 0 Å². The van der Waals surface area contributed by atoms with E-state index in [2.05, 4.69) is 129 Å². The Balaban J connectivity index is 0.923. The summed E-state index contributed by atoms with van der Waals surface area (Å²) in [5, 5.41) is 5.90. The van der Waals surface area contributed by atoms with E-state index in [0.717, 1.165) is 93.6 Å². The van der Waals surface area contributed by atoms with Gasteiger partial charge in [-0.1, -0.05) is 153 Å². The maximum absolute atomic E-state index is 6.58. The highest BCUT2D eigenvalue weighted by Crippen LogP contribution is 2.50. The van der Waals surface area contributed by atoms with Crippen LogP contribution in [0.5, 0.6) is 0 Å². The van der Waals surface area contributed by atoms with Crippen LogP contribution in [0.25, 0.3) is 133 Å². The average molecular weight is 848 g/mol. The lowest BCUT2D eigenvalue weighted by molar-refractivity contribution is 0.660. The fourth-order valence-electron chi connectivity index (χ4n) is 10.6. The van der Waals surface area contributed by atoms with Crippen LogP contribution in [0.3, 0.4) is 0 Å². The van der Waals surface area contributed by atoms with Crippen LogP contribution in [-0.4, -0.2) is 15.0 Å². The lowest BCUT2D eigenvalue weighted by atomic mass is 9.82. The third-order valence-corrected chi connectivity index (χ3v) is 13.8. The van der Waals surface area contributed by atoms with Gasteiger partial charge in [-0.3, -0.25) is 0 Å². The molecule has 6 nitrogen and oxygen atoms in total. The molecule has 0 atom stereocenters. The number of furan rings is 3. The van der Waals surface area contributed by atoms with Gasteiger partial charge in [-0.05, 0) is 93.0 Å². The standard InChI is InChI=1S/C60H37N3O3/c1-60(2)47-19-6-3-12-38(47)45-32-36(28-30-48(45)60)34-24-26-35(27-25-34)37-29-31-51-46(33-37)55-43(17-11-23-53(55)65-51)58-61-57(42-16-10-22-52-54(42)41-14-5-8-21-50(41)64-52)62-59(63-58)44-18-9-15-40-39-13-4-7-20-49(39)66-56(40)44/h3-33H,1-2H3. The molecule has 0 fully saturated rings. The van der Waals surface area contributed by atoms with Crippen molar-refractivity contribution >= 4 is 65.8 Å². The molecule has 0 spiro atoms. The van der Waals surface area contributed by atoms with E-state index in [1.807, 2.05) is 72.8 Å². The Kier molecular flexibility index (Phi) is 7.64. The Bertz CT molecular complexity index is 4150. The highest BCUT2D eigenvalue weighted by molar-refractivity contribution is 6.14. The summed E-state index contributed by atoms with van der Waals surface area (Å²) in [5.41, 5.74) is 17.1. The van der Waals surface area contributed by atoms with Crippen LogP contribution in [0.4, 0.5) is 0 Å². The van der Waals surface area contributed by atoms with Gasteiger partial charge >= 0.3 is 0 Å². The van der Waals surface area contributed by atoms with Crippen LogP contribution < -0.4 is 0 Å². The van der Waals surface area contributed by atoms with Crippen LogP contribution >= 0.6 is 0 Å². The second kappa shape index (κ2) is 13.7. The van der Waals surface area contributed by atoms with Crippen LogP contribution in [0, 0.1) is 0 Å². The molecule has 0 radical (unpaired) electrons. The Morgan fingerprint density at radius 3 is 1.52 bits per heavy atom. The van der Waals surface area contributed by atoms with Crippen LogP contribution in [0.1, 0.15) is 25.0 Å². The molecule has 0 saturated heterocycles. The predicted molar refractivity (Wildman–Crippen MR) is 266 cm³/mol. The molecule has 13 aromatic rings. The zero-order valence-electron chi connectivity index (χ0n) is 36.0. The zero-order valence-corrected chi connectivity index (χ0v) is 36.0.